The summed E-state index contributed by atoms with van der Waals surface area (Å²) in [4.78, 5) is 0. The Balaban J connectivity index is 2.06. The lowest BCUT2D eigenvalue weighted by molar-refractivity contribution is 0.428. The molecule has 0 aliphatic heterocycles. The second-order valence-corrected chi connectivity index (χ2v) is 7.54. The molecule has 1 atom stereocenters. The molecule has 0 N–H and O–H groups in total. The van der Waals surface area contributed by atoms with Gasteiger partial charge in [0.1, 0.15) is 0 Å². The van der Waals surface area contributed by atoms with Crippen LogP contribution in [-0.2, 0) is 10.0 Å². The molecule has 0 heterocycles. The first kappa shape index (κ1) is 15.1. The molecule has 1 aliphatic carbocycles. The first-order chi connectivity index (χ1) is 9.53. The molecule has 0 aromatic heterocycles. The molecule has 4 heteroatoms. The van der Waals surface area contributed by atoms with Crippen LogP contribution in [0.3, 0.4) is 0 Å². The number of hydrogen-bond acceptors (Lipinski definition) is 2. The number of hydrogen-bond donors (Lipinski definition) is 0. The van der Waals surface area contributed by atoms with Crippen LogP contribution in [0.1, 0.15) is 31.2 Å². The molecule has 1 fully saturated rings. The zero-order chi connectivity index (χ0) is 14.6. The van der Waals surface area contributed by atoms with Crippen molar-refractivity contribution in [2.45, 2.75) is 25.7 Å². The molecule has 108 valence electrons. The summed E-state index contributed by atoms with van der Waals surface area (Å²) in [6.45, 7) is 2.70. The van der Waals surface area contributed by atoms with E-state index in [0.717, 1.165) is 18.4 Å². The Kier molecular flexibility index (Phi) is 4.85. The van der Waals surface area contributed by atoms with Crippen LogP contribution in [0, 0.1) is 18.3 Å². The fraction of sp³-hybridized carbons (Fsp3) is 0.500. The van der Waals surface area contributed by atoms with Gasteiger partial charge >= 0.3 is 0 Å². The molecule has 1 unspecified atom stereocenters. The van der Waals surface area contributed by atoms with Gasteiger partial charge in [0.05, 0.1) is 12.3 Å². The molecular weight excluding hydrogens is 270 g/mol. The molecule has 1 aliphatic rings. The van der Waals surface area contributed by atoms with E-state index in [0.29, 0.717) is 12.5 Å². The SMILES string of the molecule is C#CCN(CC1CC1)S(=O)(=O)CC(C)c1ccccc1. The van der Waals surface area contributed by atoms with Gasteiger partial charge in [0.15, 0.2) is 0 Å². The monoisotopic (exact) mass is 291 g/mol. The Morgan fingerprint density at radius 1 is 1.35 bits per heavy atom. The summed E-state index contributed by atoms with van der Waals surface area (Å²) in [6, 6.07) is 9.73. The Labute approximate surface area is 122 Å². The van der Waals surface area contributed by atoms with Gasteiger partial charge in [-0.05, 0) is 30.2 Å². The number of sulfonamides is 1. The molecule has 0 saturated heterocycles. The number of benzene rings is 1. The van der Waals surface area contributed by atoms with E-state index >= 15 is 0 Å². The molecule has 20 heavy (non-hydrogen) atoms. The third kappa shape index (κ3) is 4.09. The van der Waals surface area contributed by atoms with Crippen LogP contribution in [0.15, 0.2) is 30.3 Å². The van der Waals surface area contributed by atoms with Crippen molar-refractivity contribution in [1.29, 1.82) is 0 Å². The van der Waals surface area contributed by atoms with Gasteiger partial charge in [0.2, 0.25) is 10.0 Å². The highest BCUT2D eigenvalue weighted by Crippen LogP contribution is 2.31. The van der Waals surface area contributed by atoms with Gasteiger partial charge in [-0.1, -0.05) is 43.2 Å². The van der Waals surface area contributed by atoms with Crippen molar-refractivity contribution in [3.05, 3.63) is 35.9 Å². The summed E-state index contributed by atoms with van der Waals surface area (Å²) < 4.78 is 26.5. The van der Waals surface area contributed by atoms with Crippen molar-refractivity contribution in [2.24, 2.45) is 5.92 Å². The van der Waals surface area contributed by atoms with Gasteiger partial charge in [-0.2, -0.15) is 4.31 Å². The second-order valence-electron chi connectivity index (χ2n) is 5.53. The lowest BCUT2D eigenvalue weighted by Gasteiger charge is -2.22. The zero-order valence-electron chi connectivity index (χ0n) is 11.8. The smallest absolute Gasteiger partial charge is 0.212 e. The summed E-state index contributed by atoms with van der Waals surface area (Å²) in [5.74, 6) is 3.06. The van der Waals surface area contributed by atoms with Crippen LogP contribution in [0.5, 0.6) is 0 Å². The van der Waals surface area contributed by atoms with Gasteiger partial charge in [-0.25, -0.2) is 8.42 Å². The van der Waals surface area contributed by atoms with Crippen molar-refractivity contribution in [3.8, 4) is 12.3 Å². The predicted molar refractivity (Wildman–Crippen MR) is 81.8 cm³/mol. The highest BCUT2D eigenvalue weighted by atomic mass is 32.2. The normalized spacial score (nSPS) is 16.9. The Morgan fingerprint density at radius 3 is 2.55 bits per heavy atom. The highest BCUT2D eigenvalue weighted by Gasteiger charge is 2.31. The number of nitrogens with zero attached hydrogens (tertiary/aromatic N) is 1. The van der Waals surface area contributed by atoms with Crippen LogP contribution >= 0.6 is 0 Å². The van der Waals surface area contributed by atoms with Gasteiger partial charge in [-0.15, -0.1) is 6.42 Å². The van der Waals surface area contributed by atoms with Gasteiger partial charge in [0, 0.05) is 6.54 Å². The third-order valence-corrected chi connectivity index (χ3v) is 5.64. The van der Waals surface area contributed by atoms with E-state index in [1.165, 1.54) is 4.31 Å². The van der Waals surface area contributed by atoms with Crippen molar-refractivity contribution in [2.75, 3.05) is 18.8 Å². The second kappa shape index (κ2) is 6.43. The first-order valence-corrected chi connectivity index (χ1v) is 8.60. The summed E-state index contributed by atoms with van der Waals surface area (Å²) in [5, 5.41) is 0. The van der Waals surface area contributed by atoms with E-state index in [9.17, 15) is 8.42 Å². The molecular formula is C16H21NO2S. The van der Waals surface area contributed by atoms with Crippen LogP contribution in [-0.4, -0.2) is 31.6 Å². The van der Waals surface area contributed by atoms with E-state index in [4.69, 9.17) is 6.42 Å². The van der Waals surface area contributed by atoms with E-state index in [1.807, 2.05) is 37.3 Å². The van der Waals surface area contributed by atoms with Crippen LogP contribution in [0.2, 0.25) is 0 Å². The standard InChI is InChI=1S/C16H21NO2S/c1-3-11-17(12-15-9-10-15)20(18,19)13-14(2)16-7-5-4-6-8-16/h1,4-8,14-15H,9-13H2,2H3. The maximum Gasteiger partial charge on any atom is 0.215 e. The maximum absolute atomic E-state index is 12.5. The molecule has 1 aromatic rings. The molecule has 0 amide bonds. The van der Waals surface area contributed by atoms with E-state index in [1.54, 1.807) is 0 Å². The predicted octanol–water partition coefficient (Wildman–Crippen LogP) is 2.47. The molecule has 1 aromatic carbocycles. The minimum absolute atomic E-state index is 0.0272. The van der Waals surface area contributed by atoms with Crippen LogP contribution < -0.4 is 0 Å². The van der Waals surface area contributed by atoms with Gasteiger partial charge in [-0.3, -0.25) is 0 Å². The molecule has 2 rings (SSSR count). The summed E-state index contributed by atoms with van der Waals surface area (Å²) in [6.07, 6.45) is 7.54. The highest BCUT2D eigenvalue weighted by molar-refractivity contribution is 7.89. The van der Waals surface area contributed by atoms with Gasteiger partial charge < -0.3 is 0 Å². The lowest BCUT2D eigenvalue weighted by atomic mass is 10.0. The number of terminal acetylenes is 1. The average molecular weight is 291 g/mol. The summed E-state index contributed by atoms with van der Waals surface area (Å²) in [7, 11) is -3.30. The van der Waals surface area contributed by atoms with Crippen molar-refractivity contribution < 1.29 is 8.42 Å². The minimum Gasteiger partial charge on any atom is -0.212 e. The third-order valence-electron chi connectivity index (χ3n) is 3.65. The molecule has 3 nitrogen and oxygen atoms in total. The maximum atomic E-state index is 12.5. The van der Waals surface area contributed by atoms with Crippen LogP contribution in [0.25, 0.3) is 0 Å². The Bertz CT molecular complexity index is 570. The van der Waals surface area contributed by atoms with Gasteiger partial charge in [0.25, 0.3) is 0 Å². The Hall–Kier alpha value is -1.31. The molecule has 1 saturated carbocycles. The summed E-state index contributed by atoms with van der Waals surface area (Å²) >= 11 is 0. The van der Waals surface area contributed by atoms with Crippen LogP contribution in [0.4, 0.5) is 0 Å². The van der Waals surface area contributed by atoms with Crippen molar-refractivity contribution in [1.82, 2.24) is 4.31 Å². The van der Waals surface area contributed by atoms with E-state index in [2.05, 4.69) is 5.92 Å². The minimum atomic E-state index is -3.30. The van der Waals surface area contributed by atoms with Crippen molar-refractivity contribution in [3.63, 3.8) is 0 Å². The Morgan fingerprint density at radius 2 is 2.00 bits per heavy atom. The average Bonchev–Trinajstić information content (AvgIpc) is 3.23. The quantitative estimate of drug-likeness (QED) is 0.724. The fourth-order valence-corrected chi connectivity index (χ4v) is 4.01. The zero-order valence-corrected chi connectivity index (χ0v) is 12.6. The van der Waals surface area contributed by atoms with E-state index < -0.39 is 10.0 Å². The van der Waals surface area contributed by atoms with Crippen molar-refractivity contribution >= 4 is 10.0 Å². The first-order valence-electron chi connectivity index (χ1n) is 6.99. The molecule has 0 radical (unpaired) electrons. The number of rotatable bonds is 7. The van der Waals surface area contributed by atoms with E-state index in [-0.39, 0.29) is 18.2 Å². The summed E-state index contributed by atoms with van der Waals surface area (Å²) in [5.41, 5.74) is 1.04. The fourth-order valence-electron chi connectivity index (χ4n) is 2.27. The topological polar surface area (TPSA) is 37.4 Å². The largest absolute Gasteiger partial charge is 0.215 e. The molecule has 0 bridgehead atoms. The molecule has 0 spiro atoms. The lowest BCUT2D eigenvalue weighted by Crippen LogP contribution is -2.36.